The number of nitrogens with one attached hydrogen (secondary N) is 1. The van der Waals surface area contributed by atoms with E-state index in [4.69, 9.17) is 0 Å². The van der Waals surface area contributed by atoms with E-state index in [1.54, 1.807) is 0 Å². The zero-order chi connectivity index (χ0) is 11.8. The average Bonchev–Trinajstić information content (AvgIpc) is 2.80. The van der Waals surface area contributed by atoms with Gasteiger partial charge in [-0.1, -0.05) is 0 Å². The highest BCUT2D eigenvalue weighted by Crippen LogP contribution is 2.31. The third-order valence-corrected chi connectivity index (χ3v) is 5.37. The molecule has 0 aromatic heterocycles. The van der Waals surface area contributed by atoms with Crippen LogP contribution in [0.1, 0.15) is 32.6 Å². The van der Waals surface area contributed by atoms with Gasteiger partial charge in [0.05, 0.1) is 0 Å². The smallest absolute Gasteiger partial charge is 0.0263 e. The lowest BCUT2D eigenvalue weighted by Gasteiger charge is -2.46. The van der Waals surface area contributed by atoms with Gasteiger partial charge in [-0.25, -0.2) is 0 Å². The molecule has 0 amide bonds. The number of likely N-dealkylation sites (tertiary alicyclic amines) is 2. The third-order valence-electron chi connectivity index (χ3n) is 5.37. The Hall–Kier alpha value is -0.120. The summed E-state index contributed by atoms with van der Waals surface area (Å²) in [6, 6.07) is 2.47. The van der Waals surface area contributed by atoms with Crippen LogP contribution in [0.15, 0.2) is 0 Å². The molecule has 0 radical (unpaired) electrons. The lowest BCUT2D eigenvalue weighted by Crippen LogP contribution is -2.55. The fraction of sp³-hybridized carbons (Fsp3) is 1.00. The second-order valence-electron chi connectivity index (χ2n) is 6.37. The average molecular weight is 237 g/mol. The van der Waals surface area contributed by atoms with Gasteiger partial charge in [-0.2, -0.15) is 0 Å². The Kier molecular flexibility index (Phi) is 3.42. The molecule has 1 N–H and O–H groups in total. The van der Waals surface area contributed by atoms with Crippen molar-refractivity contribution in [1.29, 1.82) is 0 Å². The second kappa shape index (κ2) is 4.87. The highest BCUT2D eigenvalue weighted by atomic mass is 15.3. The molecular formula is C14H27N3. The van der Waals surface area contributed by atoms with Crippen molar-refractivity contribution < 1.29 is 0 Å². The molecule has 3 saturated heterocycles. The maximum absolute atomic E-state index is 3.60. The van der Waals surface area contributed by atoms with E-state index >= 15 is 0 Å². The van der Waals surface area contributed by atoms with E-state index in [1.165, 1.54) is 51.9 Å². The number of fused-ring (bicyclic) bond motifs is 1. The molecule has 0 aliphatic carbocycles. The summed E-state index contributed by atoms with van der Waals surface area (Å²) in [6.45, 7) is 7.53. The quantitative estimate of drug-likeness (QED) is 0.738. The van der Waals surface area contributed by atoms with Crippen LogP contribution in [0.4, 0.5) is 0 Å². The standard InChI is InChI=1S/C14H27N3/c1-11-8-13(5-7-16(11)2)17-6-3-4-12-9-15-10-14(12)17/h11-15H,3-10H2,1-2H3. The van der Waals surface area contributed by atoms with Crippen LogP contribution in [-0.4, -0.2) is 61.2 Å². The highest BCUT2D eigenvalue weighted by molar-refractivity contribution is 4.96. The summed E-state index contributed by atoms with van der Waals surface area (Å²) in [7, 11) is 2.27. The summed E-state index contributed by atoms with van der Waals surface area (Å²) >= 11 is 0. The maximum Gasteiger partial charge on any atom is 0.0263 e. The second-order valence-corrected chi connectivity index (χ2v) is 6.37. The van der Waals surface area contributed by atoms with Gasteiger partial charge in [-0.3, -0.25) is 4.90 Å². The first-order valence-electron chi connectivity index (χ1n) is 7.42. The number of hydrogen-bond acceptors (Lipinski definition) is 3. The zero-order valence-electron chi connectivity index (χ0n) is 11.4. The Labute approximate surface area is 106 Å². The fourth-order valence-electron chi connectivity index (χ4n) is 4.12. The lowest BCUT2D eigenvalue weighted by molar-refractivity contribution is 0.0282. The van der Waals surface area contributed by atoms with E-state index in [0.717, 1.165) is 24.0 Å². The zero-order valence-corrected chi connectivity index (χ0v) is 11.4. The van der Waals surface area contributed by atoms with Crippen LogP contribution in [0.2, 0.25) is 0 Å². The van der Waals surface area contributed by atoms with E-state index in [-0.39, 0.29) is 0 Å². The number of nitrogens with zero attached hydrogens (tertiary/aromatic N) is 2. The molecule has 3 nitrogen and oxygen atoms in total. The van der Waals surface area contributed by atoms with Crippen LogP contribution in [0.25, 0.3) is 0 Å². The van der Waals surface area contributed by atoms with Gasteiger partial charge in [0, 0.05) is 24.7 Å². The minimum absolute atomic E-state index is 0.767. The van der Waals surface area contributed by atoms with E-state index < -0.39 is 0 Å². The molecule has 4 atom stereocenters. The van der Waals surface area contributed by atoms with Gasteiger partial charge < -0.3 is 10.2 Å². The number of hydrogen-bond donors (Lipinski definition) is 1. The monoisotopic (exact) mass is 237 g/mol. The lowest BCUT2D eigenvalue weighted by atomic mass is 9.87. The minimum Gasteiger partial charge on any atom is -0.315 e. The summed E-state index contributed by atoms with van der Waals surface area (Å²) in [6.07, 6.45) is 5.63. The molecule has 3 aliphatic rings. The molecule has 3 aliphatic heterocycles. The predicted molar refractivity (Wildman–Crippen MR) is 71.2 cm³/mol. The van der Waals surface area contributed by atoms with Crippen LogP contribution in [0.3, 0.4) is 0 Å². The summed E-state index contributed by atoms with van der Waals surface area (Å²) in [4.78, 5) is 5.38. The first-order chi connectivity index (χ1) is 8.25. The van der Waals surface area contributed by atoms with Crippen molar-refractivity contribution in [3.63, 3.8) is 0 Å². The summed E-state index contributed by atoms with van der Waals surface area (Å²) in [5.74, 6) is 0.943. The molecule has 0 saturated carbocycles. The number of piperidine rings is 2. The van der Waals surface area contributed by atoms with E-state index in [1.807, 2.05) is 0 Å². The molecule has 3 heteroatoms. The van der Waals surface area contributed by atoms with Crippen molar-refractivity contribution in [2.45, 2.75) is 50.7 Å². The van der Waals surface area contributed by atoms with Crippen LogP contribution in [-0.2, 0) is 0 Å². The Morgan fingerprint density at radius 1 is 1.12 bits per heavy atom. The molecule has 98 valence electrons. The van der Waals surface area contributed by atoms with Crippen molar-refractivity contribution in [2.24, 2.45) is 5.92 Å². The van der Waals surface area contributed by atoms with Gasteiger partial charge >= 0.3 is 0 Å². The van der Waals surface area contributed by atoms with Crippen molar-refractivity contribution in [3.05, 3.63) is 0 Å². The van der Waals surface area contributed by atoms with Gasteiger partial charge in [0.1, 0.15) is 0 Å². The van der Waals surface area contributed by atoms with Crippen LogP contribution >= 0.6 is 0 Å². The Morgan fingerprint density at radius 2 is 2.00 bits per heavy atom. The first-order valence-corrected chi connectivity index (χ1v) is 7.42. The molecule has 3 heterocycles. The molecule has 0 spiro atoms. The predicted octanol–water partition coefficient (Wildman–Crippen LogP) is 1.15. The normalized spacial score (nSPS) is 44.8. The van der Waals surface area contributed by atoms with Gasteiger partial charge in [0.25, 0.3) is 0 Å². The van der Waals surface area contributed by atoms with Gasteiger partial charge in [-0.15, -0.1) is 0 Å². The Balaban J connectivity index is 1.66. The molecule has 17 heavy (non-hydrogen) atoms. The Morgan fingerprint density at radius 3 is 2.82 bits per heavy atom. The number of rotatable bonds is 1. The van der Waals surface area contributed by atoms with Crippen molar-refractivity contribution >= 4 is 0 Å². The van der Waals surface area contributed by atoms with Gasteiger partial charge in [0.2, 0.25) is 0 Å². The van der Waals surface area contributed by atoms with E-state index in [0.29, 0.717) is 0 Å². The van der Waals surface area contributed by atoms with Crippen LogP contribution in [0, 0.1) is 5.92 Å². The largest absolute Gasteiger partial charge is 0.315 e. The summed E-state index contributed by atoms with van der Waals surface area (Å²) in [5, 5.41) is 3.60. The molecule has 0 bridgehead atoms. The highest BCUT2D eigenvalue weighted by Gasteiger charge is 2.39. The first kappa shape index (κ1) is 11.9. The SMILES string of the molecule is CC1CC(N2CCCC3CNCC32)CCN1C. The van der Waals surface area contributed by atoms with E-state index in [2.05, 4.69) is 29.1 Å². The molecular weight excluding hydrogens is 210 g/mol. The van der Waals surface area contributed by atoms with Gasteiger partial charge in [-0.05, 0) is 65.2 Å². The fourth-order valence-corrected chi connectivity index (χ4v) is 4.12. The van der Waals surface area contributed by atoms with Crippen molar-refractivity contribution in [3.8, 4) is 0 Å². The third kappa shape index (κ3) is 2.25. The summed E-state index contributed by atoms with van der Waals surface area (Å²) < 4.78 is 0. The van der Waals surface area contributed by atoms with Crippen molar-refractivity contribution in [2.75, 3.05) is 33.2 Å². The molecule has 3 rings (SSSR count). The molecule has 4 unspecified atom stereocenters. The topological polar surface area (TPSA) is 18.5 Å². The van der Waals surface area contributed by atoms with E-state index in [9.17, 15) is 0 Å². The molecule has 3 fully saturated rings. The minimum atomic E-state index is 0.767. The van der Waals surface area contributed by atoms with Crippen LogP contribution < -0.4 is 5.32 Å². The van der Waals surface area contributed by atoms with Gasteiger partial charge in [0.15, 0.2) is 0 Å². The van der Waals surface area contributed by atoms with Crippen LogP contribution in [0.5, 0.6) is 0 Å². The summed E-state index contributed by atoms with van der Waals surface area (Å²) in [5.41, 5.74) is 0. The molecule has 0 aromatic rings. The van der Waals surface area contributed by atoms with Crippen molar-refractivity contribution in [1.82, 2.24) is 15.1 Å². The molecule has 0 aromatic carbocycles. The Bertz CT molecular complexity index is 268. The maximum atomic E-state index is 3.60.